The van der Waals surface area contributed by atoms with Gasteiger partial charge in [0.05, 0.1) is 24.6 Å². The summed E-state index contributed by atoms with van der Waals surface area (Å²) in [5, 5.41) is 10.8. The number of piperazine rings is 1. The van der Waals surface area contributed by atoms with Gasteiger partial charge >= 0.3 is 0 Å². The summed E-state index contributed by atoms with van der Waals surface area (Å²) in [6, 6.07) is 15.9. The first kappa shape index (κ1) is 35.6. The van der Waals surface area contributed by atoms with Gasteiger partial charge in [-0.2, -0.15) is 0 Å². The van der Waals surface area contributed by atoms with Crippen LogP contribution in [0.25, 0.3) is 0 Å². The number of unbranched alkanes of at least 4 members (excludes halogenated alkanes) is 2. The van der Waals surface area contributed by atoms with Crippen molar-refractivity contribution in [2.75, 3.05) is 57.6 Å². The number of carbonyl (C=O) groups is 3. The maximum atomic E-state index is 13.3. The van der Waals surface area contributed by atoms with Crippen LogP contribution >= 0.6 is 0 Å². The first-order valence-electron chi connectivity index (χ1n) is 15.5. The van der Waals surface area contributed by atoms with Crippen LogP contribution in [0.3, 0.4) is 0 Å². The number of anilines is 2. The van der Waals surface area contributed by atoms with Crippen molar-refractivity contribution in [1.29, 1.82) is 0 Å². The number of rotatable bonds is 14. The van der Waals surface area contributed by atoms with E-state index in [9.17, 15) is 22.8 Å². The van der Waals surface area contributed by atoms with Gasteiger partial charge in [-0.05, 0) is 86.8 Å². The Morgan fingerprint density at radius 3 is 2.32 bits per heavy atom. The Hall–Kier alpha value is -4.30. The number of methoxy groups -OCH3 is 1. The van der Waals surface area contributed by atoms with Gasteiger partial charge in [0, 0.05) is 50.8 Å². The average molecular weight is 666 g/mol. The number of ether oxygens (including phenoxy) is 2. The highest BCUT2D eigenvalue weighted by Gasteiger charge is 2.21. The second-order valence-corrected chi connectivity index (χ2v) is 13.1. The summed E-state index contributed by atoms with van der Waals surface area (Å²) in [4.78, 5) is 42.9. The van der Waals surface area contributed by atoms with Gasteiger partial charge in [0.25, 0.3) is 11.8 Å². The van der Waals surface area contributed by atoms with E-state index in [0.717, 1.165) is 51.0 Å². The standard InChI is InChI=1S/C34H43N5O7S/c1-24-12-15-28(30(21-24)46-20-8-4-5-11-32(40)39-18-16-38(2)17-19-39)36-33(41)25-13-14-27(26(22-25)23-45-3)34(42)37-29-9-6-7-10-31(29)47(35,43)44/h6-7,9-10,12-15,21-22H,4-5,8,11,16-20,23H2,1-3H3,(H,36,41)(H,37,42)(H2,35,43,44). The highest BCUT2D eigenvalue weighted by molar-refractivity contribution is 7.89. The van der Waals surface area contributed by atoms with Gasteiger partial charge in [0.15, 0.2) is 0 Å². The van der Waals surface area contributed by atoms with Gasteiger partial charge in [0.1, 0.15) is 10.6 Å². The molecule has 3 amide bonds. The summed E-state index contributed by atoms with van der Waals surface area (Å²) < 4.78 is 35.3. The molecule has 47 heavy (non-hydrogen) atoms. The lowest BCUT2D eigenvalue weighted by Gasteiger charge is -2.32. The lowest BCUT2D eigenvalue weighted by atomic mass is 10.0. The van der Waals surface area contributed by atoms with Crippen LogP contribution in [0.1, 0.15) is 57.5 Å². The van der Waals surface area contributed by atoms with Crippen LogP contribution in [0.5, 0.6) is 5.75 Å². The van der Waals surface area contributed by atoms with E-state index >= 15 is 0 Å². The number of benzene rings is 3. The van der Waals surface area contributed by atoms with E-state index in [1.807, 2.05) is 24.0 Å². The molecule has 0 bridgehead atoms. The number of likely N-dealkylation sites (N-methyl/N-ethyl adjacent to an activating group) is 1. The zero-order valence-corrected chi connectivity index (χ0v) is 27.9. The molecule has 0 radical (unpaired) electrons. The van der Waals surface area contributed by atoms with Crippen LogP contribution < -0.4 is 20.5 Å². The first-order valence-corrected chi connectivity index (χ1v) is 17.1. The van der Waals surface area contributed by atoms with E-state index in [1.165, 1.54) is 37.4 Å². The number of nitrogens with zero attached hydrogens (tertiary/aromatic N) is 2. The van der Waals surface area contributed by atoms with Crippen LogP contribution in [-0.4, -0.2) is 82.9 Å². The molecule has 1 aliphatic rings. The molecule has 0 aromatic heterocycles. The Kier molecular flexibility index (Phi) is 12.5. The fourth-order valence-corrected chi connectivity index (χ4v) is 5.93. The molecule has 3 aromatic carbocycles. The molecule has 1 aliphatic heterocycles. The third-order valence-corrected chi connectivity index (χ3v) is 8.86. The predicted molar refractivity (Wildman–Crippen MR) is 180 cm³/mol. The van der Waals surface area contributed by atoms with Crippen LogP contribution in [0.4, 0.5) is 11.4 Å². The van der Waals surface area contributed by atoms with Gasteiger partial charge in [-0.3, -0.25) is 14.4 Å². The van der Waals surface area contributed by atoms with Crippen molar-refractivity contribution in [2.45, 2.75) is 44.1 Å². The Balaban J connectivity index is 1.36. The quantitative estimate of drug-likeness (QED) is 0.218. The predicted octanol–water partition coefficient (Wildman–Crippen LogP) is 4.01. The van der Waals surface area contributed by atoms with Crippen molar-refractivity contribution in [3.05, 3.63) is 82.9 Å². The molecule has 3 aromatic rings. The summed E-state index contributed by atoms with van der Waals surface area (Å²) in [6.45, 7) is 5.79. The minimum Gasteiger partial charge on any atom is -0.491 e. The van der Waals surface area contributed by atoms with Crippen molar-refractivity contribution >= 4 is 39.1 Å². The number of nitrogens with one attached hydrogen (secondary N) is 2. The molecular formula is C34H43N5O7S. The topological polar surface area (TPSA) is 160 Å². The molecule has 0 saturated carbocycles. The summed E-state index contributed by atoms with van der Waals surface area (Å²) in [7, 11) is -0.542. The zero-order valence-electron chi connectivity index (χ0n) is 27.1. The molecule has 0 unspecified atom stereocenters. The Morgan fingerprint density at radius 2 is 1.60 bits per heavy atom. The number of nitrogens with two attached hydrogens (primary N) is 1. The zero-order chi connectivity index (χ0) is 34.0. The highest BCUT2D eigenvalue weighted by Crippen LogP contribution is 2.28. The van der Waals surface area contributed by atoms with Crippen LogP contribution in [-0.2, 0) is 26.2 Å². The van der Waals surface area contributed by atoms with E-state index < -0.39 is 21.8 Å². The summed E-state index contributed by atoms with van der Waals surface area (Å²) in [5.41, 5.74) is 2.43. The van der Waals surface area contributed by atoms with Gasteiger partial charge in [-0.1, -0.05) is 18.2 Å². The van der Waals surface area contributed by atoms with Crippen LogP contribution in [0, 0.1) is 6.92 Å². The lowest BCUT2D eigenvalue weighted by Crippen LogP contribution is -2.47. The number of hydrogen-bond donors (Lipinski definition) is 3. The SMILES string of the molecule is COCc1cc(C(=O)Nc2ccc(C)cc2OCCCCCC(=O)N2CCN(C)CC2)ccc1C(=O)Nc1ccccc1S(N)(=O)=O. The smallest absolute Gasteiger partial charge is 0.256 e. The van der Waals surface area contributed by atoms with Crippen molar-refractivity contribution in [3.8, 4) is 5.75 Å². The molecule has 13 heteroatoms. The molecular weight excluding hydrogens is 622 g/mol. The lowest BCUT2D eigenvalue weighted by molar-refractivity contribution is -0.132. The Labute approximate surface area is 276 Å². The third kappa shape index (κ3) is 10.1. The molecule has 12 nitrogen and oxygen atoms in total. The third-order valence-electron chi connectivity index (χ3n) is 7.89. The van der Waals surface area contributed by atoms with Crippen LogP contribution in [0.15, 0.2) is 65.6 Å². The van der Waals surface area contributed by atoms with Crippen molar-refractivity contribution in [2.24, 2.45) is 5.14 Å². The fourth-order valence-electron chi connectivity index (χ4n) is 5.24. The Bertz CT molecular complexity index is 1690. The van der Waals surface area contributed by atoms with E-state index in [2.05, 4.69) is 22.6 Å². The van der Waals surface area contributed by atoms with E-state index in [4.69, 9.17) is 14.6 Å². The normalized spacial score (nSPS) is 13.7. The van der Waals surface area contributed by atoms with E-state index in [0.29, 0.717) is 30.0 Å². The molecule has 0 atom stereocenters. The monoisotopic (exact) mass is 665 g/mol. The molecule has 4 N–H and O–H groups in total. The number of amides is 3. The number of hydrogen-bond acceptors (Lipinski definition) is 8. The van der Waals surface area contributed by atoms with E-state index in [1.54, 1.807) is 18.2 Å². The van der Waals surface area contributed by atoms with Crippen molar-refractivity contribution in [1.82, 2.24) is 9.80 Å². The maximum absolute atomic E-state index is 13.3. The average Bonchev–Trinajstić information content (AvgIpc) is 3.03. The van der Waals surface area contributed by atoms with Crippen molar-refractivity contribution in [3.63, 3.8) is 0 Å². The van der Waals surface area contributed by atoms with Gasteiger partial charge in [-0.15, -0.1) is 0 Å². The van der Waals surface area contributed by atoms with Gasteiger partial charge < -0.3 is 29.9 Å². The first-order chi connectivity index (χ1) is 22.5. The number of carbonyl (C=O) groups excluding carboxylic acids is 3. The summed E-state index contributed by atoms with van der Waals surface area (Å²) >= 11 is 0. The second kappa shape index (κ2) is 16.5. The fraction of sp³-hybridized carbons (Fsp3) is 0.382. The summed E-state index contributed by atoms with van der Waals surface area (Å²) in [6.07, 6.45) is 2.94. The van der Waals surface area contributed by atoms with Gasteiger partial charge in [-0.25, -0.2) is 13.6 Å². The van der Waals surface area contributed by atoms with E-state index in [-0.39, 0.29) is 34.2 Å². The second-order valence-electron chi connectivity index (χ2n) is 11.6. The molecule has 4 rings (SSSR count). The van der Waals surface area contributed by atoms with Crippen LogP contribution in [0.2, 0.25) is 0 Å². The largest absolute Gasteiger partial charge is 0.491 e. The molecule has 0 aliphatic carbocycles. The molecule has 0 spiro atoms. The minimum absolute atomic E-state index is 0.0283. The molecule has 1 fully saturated rings. The number of sulfonamides is 1. The highest BCUT2D eigenvalue weighted by atomic mass is 32.2. The molecule has 1 saturated heterocycles. The number of aryl methyl sites for hydroxylation is 1. The number of para-hydroxylation sites is 1. The summed E-state index contributed by atoms with van der Waals surface area (Å²) in [5.74, 6) is -0.256. The maximum Gasteiger partial charge on any atom is 0.256 e. The van der Waals surface area contributed by atoms with Gasteiger partial charge in [0.2, 0.25) is 15.9 Å². The minimum atomic E-state index is -4.07. The molecule has 1 heterocycles. The number of primary sulfonamides is 1. The van der Waals surface area contributed by atoms with Crippen molar-refractivity contribution < 1.29 is 32.3 Å². The molecule has 252 valence electrons. The Morgan fingerprint density at radius 1 is 0.872 bits per heavy atom.